The lowest BCUT2D eigenvalue weighted by molar-refractivity contribution is -0.00255. The number of rotatable bonds is 11. The minimum Gasteiger partial charge on any atom is -0.381 e. The first-order chi connectivity index (χ1) is 12.5. The van der Waals surface area contributed by atoms with Crippen LogP contribution in [0, 0.1) is 0 Å². The van der Waals surface area contributed by atoms with Crippen molar-refractivity contribution in [2.24, 2.45) is 4.99 Å². The van der Waals surface area contributed by atoms with E-state index < -0.39 is 0 Å². The van der Waals surface area contributed by atoms with Crippen LogP contribution in [0.1, 0.15) is 53.4 Å². The normalized spacial score (nSPS) is 19.0. The molecule has 6 nitrogen and oxygen atoms in total. The third-order valence-corrected chi connectivity index (χ3v) is 5.64. The fraction of sp³-hybridized carbons (Fsp3) is 0.950. The molecule has 154 valence electrons. The van der Waals surface area contributed by atoms with Gasteiger partial charge in [0.2, 0.25) is 0 Å². The average molecular weight is 370 g/mol. The van der Waals surface area contributed by atoms with Crippen LogP contribution < -0.4 is 10.6 Å². The van der Waals surface area contributed by atoms with Gasteiger partial charge < -0.3 is 25.2 Å². The Labute approximate surface area is 161 Å². The lowest BCUT2D eigenvalue weighted by atomic mass is 9.89. The zero-order valence-electron chi connectivity index (χ0n) is 18.1. The summed E-state index contributed by atoms with van der Waals surface area (Å²) in [7, 11) is 4.33. The predicted octanol–water partition coefficient (Wildman–Crippen LogP) is 2.16. The Hall–Kier alpha value is -0.850. The van der Waals surface area contributed by atoms with Crippen LogP contribution >= 0.6 is 0 Å². The maximum atomic E-state index is 5.57. The molecule has 1 atom stereocenters. The van der Waals surface area contributed by atoms with E-state index in [0.29, 0.717) is 6.04 Å². The molecule has 1 heterocycles. The van der Waals surface area contributed by atoms with Crippen molar-refractivity contribution in [1.29, 1.82) is 0 Å². The van der Waals surface area contributed by atoms with Gasteiger partial charge in [0.05, 0.1) is 6.54 Å². The summed E-state index contributed by atoms with van der Waals surface area (Å²) in [4.78, 5) is 9.75. The highest BCUT2D eigenvalue weighted by atomic mass is 16.5. The van der Waals surface area contributed by atoms with E-state index in [1.807, 2.05) is 0 Å². The molecular weight excluding hydrogens is 326 g/mol. The first-order valence-electron chi connectivity index (χ1n) is 10.5. The number of hydrogen-bond acceptors (Lipinski definition) is 4. The number of likely N-dealkylation sites (N-methyl/N-ethyl adjacent to an activating group) is 1. The number of ether oxygens (including phenoxy) is 1. The lowest BCUT2D eigenvalue weighted by Gasteiger charge is -2.41. The van der Waals surface area contributed by atoms with E-state index in [4.69, 9.17) is 9.73 Å². The molecule has 26 heavy (non-hydrogen) atoms. The van der Waals surface area contributed by atoms with Crippen LogP contribution in [-0.2, 0) is 4.74 Å². The molecule has 1 aliphatic rings. The summed E-state index contributed by atoms with van der Waals surface area (Å²) in [5, 5.41) is 7.00. The molecule has 1 unspecified atom stereocenters. The minimum atomic E-state index is 0.118. The first kappa shape index (κ1) is 23.2. The van der Waals surface area contributed by atoms with Crippen LogP contribution in [0.25, 0.3) is 0 Å². The zero-order valence-corrected chi connectivity index (χ0v) is 18.1. The summed E-state index contributed by atoms with van der Waals surface area (Å²) in [6, 6.07) is 0.424. The topological polar surface area (TPSA) is 52.1 Å². The monoisotopic (exact) mass is 369 g/mol. The standard InChI is InChI=1S/C20H43N5O/c1-7-21-19(23-18(4)11-10-14-25(8-2)9-3)22-17-20(24(5)6)12-15-26-16-13-20/h18H,7-17H2,1-6H3,(H2,21,22,23). The Morgan fingerprint density at radius 2 is 1.81 bits per heavy atom. The Morgan fingerprint density at radius 1 is 1.15 bits per heavy atom. The van der Waals surface area contributed by atoms with Gasteiger partial charge >= 0.3 is 0 Å². The highest BCUT2D eigenvalue weighted by Gasteiger charge is 2.34. The van der Waals surface area contributed by atoms with Crippen molar-refractivity contribution in [3.8, 4) is 0 Å². The van der Waals surface area contributed by atoms with E-state index in [1.165, 1.54) is 13.0 Å². The first-order valence-corrected chi connectivity index (χ1v) is 10.5. The van der Waals surface area contributed by atoms with Crippen LogP contribution in [0.3, 0.4) is 0 Å². The third kappa shape index (κ3) is 7.80. The zero-order chi connectivity index (χ0) is 19.4. The highest BCUT2D eigenvalue weighted by molar-refractivity contribution is 5.80. The fourth-order valence-electron chi connectivity index (χ4n) is 3.51. The van der Waals surface area contributed by atoms with Crippen molar-refractivity contribution < 1.29 is 4.74 Å². The van der Waals surface area contributed by atoms with Crippen LogP contribution in [0.2, 0.25) is 0 Å². The fourth-order valence-corrected chi connectivity index (χ4v) is 3.51. The van der Waals surface area contributed by atoms with E-state index in [1.54, 1.807) is 0 Å². The molecule has 0 aromatic carbocycles. The number of nitrogens with one attached hydrogen (secondary N) is 2. The van der Waals surface area contributed by atoms with Crippen molar-refractivity contribution in [1.82, 2.24) is 20.4 Å². The summed E-state index contributed by atoms with van der Waals surface area (Å²) >= 11 is 0. The molecule has 1 rings (SSSR count). The molecule has 0 amide bonds. The summed E-state index contributed by atoms with van der Waals surface area (Å²) in [5.41, 5.74) is 0.118. The Morgan fingerprint density at radius 3 is 2.35 bits per heavy atom. The van der Waals surface area contributed by atoms with Crippen LogP contribution in [-0.4, -0.2) is 87.4 Å². The molecule has 0 radical (unpaired) electrons. The van der Waals surface area contributed by atoms with Crippen LogP contribution in [0.5, 0.6) is 0 Å². The van der Waals surface area contributed by atoms with Gasteiger partial charge in [-0.05, 0) is 73.3 Å². The second-order valence-electron chi connectivity index (χ2n) is 7.64. The Kier molecular flexibility index (Phi) is 11.2. The summed E-state index contributed by atoms with van der Waals surface area (Å²) < 4.78 is 5.57. The molecule has 0 aromatic rings. The van der Waals surface area contributed by atoms with Gasteiger partial charge in [-0.25, -0.2) is 0 Å². The van der Waals surface area contributed by atoms with E-state index in [9.17, 15) is 0 Å². The second kappa shape index (κ2) is 12.5. The van der Waals surface area contributed by atoms with E-state index >= 15 is 0 Å². The van der Waals surface area contributed by atoms with Gasteiger partial charge in [0.1, 0.15) is 0 Å². The van der Waals surface area contributed by atoms with E-state index in [-0.39, 0.29) is 5.54 Å². The van der Waals surface area contributed by atoms with Gasteiger partial charge in [-0.15, -0.1) is 0 Å². The maximum Gasteiger partial charge on any atom is 0.191 e. The number of aliphatic imine (C=N–C) groups is 1. The quantitative estimate of drug-likeness (QED) is 0.432. The van der Waals surface area contributed by atoms with Gasteiger partial charge in [-0.3, -0.25) is 4.99 Å². The minimum absolute atomic E-state index is 0.118. The maximum absolute atomic E-state index is 5.57. The number of nitrogens with zero attached hydrogens (tertiary/aromatic N) is 3. The molecule has 6 heteroatoms. The number of hydrogen-bond donors (Lipinski definition) is 2. The summed E-state index contributed by atoms with van der Waals surface area (Å²) in [6.07, 6.45) is 4.46. The lowest BCUT2D eigenvalue weighted by Crippen LogP contribution is -2.52. The molecule has 0 saturated carbocycles. The molecule has 0 spiro atoms. The van der Waals surface area contributed by atoms with Gasteiger partial charge in [0.25, 0.3) is 0 Å². The van der Waals surface area contributed by atoms with E-state index in [2.05, 4.69) is 62.2 Å². The summed E-state index contributed by atoms with van der Waals surface area (Å²) in [5.74, 6) is 0.940. The van der Waals surface area contributed by atoms with Gasteiger partial charge in [0.15, 0.2) is 5.96 Å². The smallest absolute Gasteiger partial charge is 0.191 e. The SMILES string of the molecule is CCNC(=NCC1(N(C)C)CCOCC1)NC(C)CCCN(CC)CC. The Balaban J connectivity index is 2.56. The van der Waals surface area contributed by atoms with Crippen LogP contribution in [0.4, 0.5) is 0 Å². The largest absolute Gasteiger partial charge is 0.381 e. The Bertz CT molecular complexity index is 390. The average Bonchev–Trinajstić information content (AvgIpc) is 2.64. The molecular formula is C20H43N5O. The second-order valence-corrected chi connectivity index (χ2v) is 7.64. The van der Waals surface area contributed by atoms with Gasteiger partial charge in [0, 0.05) is 31.3 Å². The van der Waals surface area contributed by atoms with Crippen molar-refractivity contribution in [3.05, 3.63) is 0 Å². The van der Waals surface area contributed by atoms with Gasteiger partial charge in [-0.2, -0.15) is 0 Å². The third-order valence-electron chi connectivity index (χ3n) is 5.64. The summed E-state index contributed by atoms with van der Waals surface area (Å²) in [6.45, 7) is 15.7. The van der Waals surface area contributed by atoms with E-state index in [0.717, 1.165) is 64.6 Å². The van der Waals surface area contributed by atoms with Crippen LogP contribution in [0.15, 0.2) is 4.99 Å². The molecule has 0 aliphatic carbocycles. The predicted molar refractivity (Wildman–Crippen MR) is 112 cm³/mol. The van der Waals surface area contributed by atoms with Gasteiger partial charge in [-0.1, -0.05) is 13.8 Å². The molecule has 0 aromatic heterocycles. The molecule has 0 bridgehead atoms. The number of guanidine groups is 1. The van der Waals surface area contributed by atoms with Crippen molar-refractivity contribution >= 4 is 5.96 Å². The molecule has 2 N–H and O–H groups in total. The highest BCUT2D eigenvalue weighted by Crippen LogP contribution is 2.26. The molecule has 1 saturated heterocycles. The van der Waals surface area contributed by atoms with Crippen molar-refractivity contribution in [2.75, 3.05) is 60.0 Å². The molecule has 1 fully saturated rings. The van der Waals surface area contributed by atoms with Crippen molar-refractivity contribution in [2.45, 2.75) is 65.0 Å². The molecule has 1 aliphatic heterocycles. The van der Waals surface area contributed by atoms with Crippen molar-refractivity contribution in [3.63, 3.8) is 0 Å².